The number of hydrogen-bond donors (Lipinski definition) is 4. The molecule has 0 spiro atoms. The van der Waals surface area contributed by atoms with Crippen molar-refractivity contribution in [1.82, 2.24) is 0 Å². The summed E-state index contributed by atoms with van der Waals surface area (Å²) < 4.78 is 5.34. The first kappa shape index (κ1) is 12.6. The molecular weight excluding hydrogens is 208 g/mol. The van der Waals surface area contributed by atoms with Gasteiger partial charge < -0.3 is 26.0 Å². The Hall–Kier alpha value is -1.46. The monoisotopic (exact) mass is 226 g/mol. The molecule has 1 aromatic carbocycles. The van der Waals surface area contributed by atoms with Crippen LogP contribution in [0.3, 0.4) is 0 Å². The van der Waals surface area contributed by atoms with Crippen molar-refractivity contribution < 1.29 is 14.9 Å². The van der Waals surface area contributed by atoms with Gasteiger partial charge in [-0.15, -0.1) is 0 Å². The number of nitrogens with one attached hydrogen (secondary N) is 1. The number of hydrogen-bond acceptors (Lipinski definition) is 5. The molecular formula is C11H18N2O3. The summed E-state index contributed by atoms with van der Waals surface area (Å²) in [5.41, 5.74) is 7.04. The van der Waals surface area contributed by atoms with Crippen molar-refractivity contribution in [2.75, 3.05) is 30.9 Å². The molecule has 0 radical (unpaired) electrons. The third-order valence-electron chi connectivity index (χ3n) is 2.12. The van der Waals surface area contributed by atoms with Crippen molar-refractivity contribution in [3.8, 4) is 5.75 Å². The van der Waals surface area contributed by atoms with Crippen LogP contribution in [-0.4, -0.2) is 36.1 Å². The Labute approximate surface area is 94.8 Å². The van der Waals surface area contributed by atoms with Crippen molar-refractivity contribution in [3.05, 3.63) is 18.2 Å². The number of ether oxygens (including phenoxy) is 1. The number of aliphatic hydroxyl groups is 2. The van der Waals surface area contributed by atoms with Gasteiger partial charge in [-0.3, -0.25) is 0 Å². The minimum absolute atomic E-state index is 0.134. The first-order valence-electron chi connectivity index (χ1n) is 5.21. The number of benzene rings is 1. The molecule has 0 saturated carbocycles. The van der Waals surface area contributed by atoms with Gasteiger partial charge in [-0.05, 0) is 19.1 Å². The van der Waals surface area contributed by atoms with E-state index in [2.05, 4.69) is 5.32 Å². The Bertz CT molecular complexity index is 327. The Morgan fingerprint density at radius 1 is 1.38 bits per heavy atom. The van der Waals surface area contributed by atoms with E-state index in [1.165, 1.54) is 0 Å². The predicted octanol–water partition coefficient (Wildman–Crippen LogP) is 0.433. The summed E-state index contributed by atoms with van der Waals surface area (Å²) in [7, 11) is 0. The normalized spacial score (nSPS) is 10.5. The van der Waals surface area contributed by atoms with Crippen LogP contribution < -0.4 is 15.8 Å². The zero-order chi connectivity index (χ0) is 12.0. The molecule has 5 nitrogen and oxygen atoms in total. The van der Waals surface area contributed by atoms with Gasteiger partial charge in [0.25, 0.3) is 0 Å². The molecule has 0 bridgehead atoms. The van der Waals surface area contributed by atoms with Crippen LogP contribution >= 0.6 is 0 Å². The van der Waals surface area contributed by atoms with E-state index >= 15 is 0 Å². The standard InChI is InChI=1S/C11H18N2O3/c1-2-16-11-5-8(3-4-10(11)12)13-9(6-14)7-15/h3-5,9,13-15H,2,6-7,12H2,1H3. The lowest BCUT2D eigenvalue weighted by Crippen LogP contribution is -2.27. The van der Waals surface area contributed by atoms with Crippen LogP contribution in [-0.2, 0) is 0 Å². The Morgan fingerprint density at radius 2 is 2.06 bits per heavy atom. The van der Waals surface area contributed by atoms with Crippen LogP contribution in [0.15, 0.2) is 18.2 Å². The lowest BCUT2D eigenvalue weighted by atomic mass is 10.2. The zero-order valence-corrected chi connectivity index (χ0v) is 9.31. The first-order chi connectivity index (χ1) is 7.71. The maximum Gasteiger partial charge on any atom is 0.144 e. The highest BCUT2D eigenvalue weighted by atomic mass is 16.5. The van der Waals surface area contributed by atoms with Crippen molar-refractivity contribution in [3.63, 3.8) is 0 Å². The number of rotatable bonds is 6. The third-order valence-corrected chi connectivity index (χ3v) is 2.12. The summed E-state index contributed by atoms with van der Waals surface area (Å²) in [6.45, 7) is 2.15. The van der Waals surface area contributed by atoms with Crippen molar-refractivity contribution in [2.45, 2.75) is 13.0 Å². The summed E-state index contributed by atoms with van der Waals surface area (Å²) in [5, 5.41) is 20.8. The minimum atomic E-state index is -0.377. The molecule has 0 saturated heterocycles. The van der Waals surface area contributed by atoms with Crippen molar-refractivity contribution >= 4 is 11.4 Å². The second-order valence-electron chi connectivity index (χ2n) is 3.39. The third kappa shape index (κ3) is 3.29. The fourth-order valence-corrected chi connectivity index (χ4v) is 1.29. The molecule has 0 unspecified atom stereocenters. The second kappa shape index (κ2) is 6.19. The Kier molecular flexibility index (Phi) is 4.88. The maximum absolute atomic E-state index is 8.94. The quantitative estimate of drug-likeness (QED) is 0.528. The van der Waals surface area contributed by atoms with Gasteiger partial charge in [-0.2, -0.15) is 0 Å². The number of anilines is 2. The number of nitrogens with two attached hydrogens (primary N) is 1. The van der Waals surface area contributed by atoms with Gasteiger partial charge in [0.05, 0.1) is 31.5 Å². The predicted molar refractivity (Wildman–Crippen MR) is 63.6 cm³/mol. The first-order valence-corrected chi connectivity index (χ1v) is 5.21. The van der Waals surface area contributed by atoms with Gasteiger partial charge in [0.2, 0.25) is 0 Å². The van der Waals surface area contributed by atoms with E-state index < -0.39 is 0 Å². The molecule has 0 atom stereocenters. The zero-order valence-electron chi connectivity index (χ0n) is 9.31. The van der Waals surface area contributed by atoms with Gasteiger partial charge in [-0.25, -0.2) is 0 Å². The molecule has 0 heterocycles. The van der Waals surface area contributed by atoms with E-state index in [9.17, 15) is 0 Å². The van der Waals surface area contributed by atoms with Crippen LogP contribution in [0.2, 0.25) is 0 Å². The average Bonchev–Trinajstić information content (AvgIpc) is 2.30. The average molecular weight is 226 g/mol. The van der Waals surface area contributed by atoms with Gasteiger partial charge in [0.1, 0.15) is 5.75 Å². The summed E-state index contributed by atoms with van der Waals surface area (Å²) in [5.74, 6) is 0.599. The topological polar surface area (TPSA) is 87.7 Å². The summed E-state index contributed by atoms with van der Waals surface area (Å²) in [6.07, 6.45) is 0. The molecule has 90 valence electrons. The molecule has 1 rings (SSSR count). The Morgan fingerprint density at radius 3 is 2.62 bits per heavy atom. The van der Waals surface area contributed by atoms with Crippen molar-refractivity contribution in [1.29, 1.82) is 0 Å². The van der Waals surface area contributed by atoms with Gasteiger partial charge in [0, 0.05) is 11.8 Å². The molecule has 0 fully saturated rings. The van der Waals surface area contributed by atoms with E-state index in [0.29, 0.717) is 18.0 Å². The highest BCUT2D eigenvalue weighted by Gasteiger charge is 2.07. The van der Waals surface area contributed by atoms with E-state index in [-0.39, 0.29) is 19.3 Å². The SMILES string of the molecule is CCOc1cc(NC(CO)CO)ccc1N. The second-order valence-corrected chi connectivity index (χ2v) is 3.39. The van der Waals surface area contributed by atoms with Gasteiger partial charge >= 0.3 is 0 Å². The molecule has 5 heteroatoms. The van der Waals surface area contributed by atoms with Crippen LogP contribution in [0.25, 0.3) is 0 Å². The maximum atomic E-state index is 8.94. The van der Waals surface area contributed by atoms with Crippen molar-refractivity contribution in [2.24, 2.45) is 0 Å². The van der Waals surface area contributed by atoms with E-state index in [1.54, 1.807) is 18.2 Å². The van der Waals surface area contributed by atoms with Crippen LogP contribution in [0.1, 0.15) is 6.92 Å². The molecule has 0 aliphatic carbocycles. The molecule has 16 heavy (non-hydrogen) atoms. The lowest BCUT2D eigenvalue weighted by Gasteiger charge is -2.16. The van der Waals surface area contributed by atoms with Gasteiger partial charge in [0.15, 0.2) is 0 Å². The number of nitrogen functional groups attached to an aromatic ring is 1. The van der Waals surface area contributed by atoms with Gasteiger partial charge in [-0.1, -0.05) is 0 Å². The molecule has 0 aliphatic rings. The van der Waals surface area contributed by atoms with Crippen LogP contribution in [0.4, 0.5) is 11.4 Å². The largest absolute Gasteiger partial charge is 0.492 e. The lowest BCUT2D eigenvalue weighted by molar-refractivity contribution is 0.204. The fourth-order valence-electron chi connectivity index (χ4n) is 1.29. The summed E-state index contributed by atoms with van der Waals surface area (Å²) in [6, 6.07) is 4.87. The minimum Gasteiger partial charge on any atom is -0.492 e. The molecule has 0 aromatic heterocycles. The van der Waals surface area contributed by atoms with Crippen LogP contribution in [0.5, 0.6) is 5.75 Å². The number of aliphatic hydroxyl groups excluding tert-OH is 2. The Balaban J connectivity index is 2.77. The summed E-state index contributed by atoms with van der Waals surface area (Å²) in [4.78, 5) is 0. The van der Waals surface area contributed by atoms with E-state index in [1.807, 2.05) is 6.92 Å². The smallest absolute Gasteiger partial charge is 0.144 e. The van der Waals surface area contributed by atoms with E-state index in [0.717, 1.165) is 5.69 Å². The van der Waals surface area contributed by atoms with Crippen LogP contribution in [0, 0.1) is 0 Å². The molecule has 0 aliphatic heterocycles. The fraction of sp³-hybridized carbons (Fsp3) is 0.455. The van der Waals surface area contributed by atoms with E-state index in [4.69, 9.17) is 20.7 Å². The highest BCUT2D eigenvalue weighted by Crippen LogP contribution is 2.25. The molecule has 1 aromatic rings. The summed E-state index contributed by atoms with van der Waals surface area (Å²) >= 11 is 0. The highest BCUT2D eigenvalue weighted by molar-refractivity contribution is 5.61. The molecule has 0 amide bonds. The molecule has 5 N–H and O–H groups in total.